The normalized spacial score (nSPS) is 23.7. The van der Waals surface area contributed by atoms with Crippen LogP contribution in [0.1, 0.15) is 68.5 Å². The topological polar surface area (TPSA) is 89.3 Å². The van der Waals surface area contributed by atoms with Gasteiger partial charge in [0.1, 0.15) is 0 Å². The van der Waals surface area contributed by atoms with Gasteiger partial charge in [0.05, 0.1) is 22.4 Å². The minimum atomic E-state index is -3.57. The minimum absolute atomic E-state index is 0.0920. The number of carboxylic acids is 1. The molecule has 1 aromatic carbocycles. The van der Waals surface area contributed by atoms with E-state index in [1.807, 2.05) is 4.68 Å². The Labute approximate surface area is 165 Å². The van der Waals surface area contributed by atoms with Gasteiger partial charge in [0, 0.05) is 11.1 Å². The lowest BCUT2D eigenvalue weighted by Gasteiger charge is -2.37. The van der Waals surface area contributed by atoms with Crippen LogP contribution in [0.25, 0.3) is 11.3 Å². The van der Waals surface area contributed by atoms with Crippen molar-refractivity contribution >= 4 is 15.8 Å². The maximum atomic E-state index is 12.7. The summed E-state index contributed by atoms with van der Waals surface area (Å²) < 4.78 is 27.2. The summed E-state index contributed by atoms with van der Waals surface area (Å²) in [5, 5.41) is 14.1. The largest absolute Gasteiger partial charge is 0.476 e. The third kappa shape index (κ3) is 3.05. The Balaban J connectivity index is 1.82. The third-order valence-corrected chi connectivity index (χ3v) is 7.98. The zero-order valence-corrected chi connectivity index (χ0v) is 17.3. The lowest BCUT2D eigenvalue weighted by atomic mass is 9.71. The molecule has 0 bridgehead atoms. The quantitative estimate of drug-likeness (QED) is 0.808. The van der Waals surface area contributed by atoms with Crippen LogP contribution in [0.2, 0.25) is 0 Å². The molecule has 28 heavy (non-hydrogen) atoms. The summed E-state index contributed by atoms with van der Waals surface area (Å²) >= 11 is 0. The highest BCUT2D eigenvalue weighted by atomic mass is 32.2. The molecule has 2 heterocycles. The number of carbonyl (C=O) groups is 1. The first-order valence-electron chi connectivity index (χ1n) is 9.76. The number of carboxylic acid groups (broad SMARTS) is 1. The van der Waals surface area contributed by atoms with Crippen LogP contribution in [0.4, 0.5) is 0 Å². The summed E-state index contributed by atoms with van der Waals surface area (Å²) in [6.45, 7) is 6.78. The lowest BCUT2D eigenvalue weighted by Crippen LogP contribution is -2.28. The molecule has 7 heteroatoms. The maximum absolute atomic E-state index is 12.7. The fourth-order valence-electron chi connectivity index (χ4n) is 4.71. The summed E-state index contributed by atoms with van der Waals surface area (Å²) in [4.78, 5) is 12.1. The molecule has 1 saturated carbocycles. The zero-order chi connectivity index (χ0) is 20.3. The summed E-state index contributed by atoms with van der Waals surface area (Å²) in [7, 11) is -3.57. The Bertz CT molecular complexity index is 1040. The van der Waals surface area contributed by atoms with E-state index in [2.05, 4.69) is 25.9 Å². The molecule has 1 aromatic heterocycles. The number of nitrogens with zero attached hydrogens (tertiary/aromatic N) is 2. The molecule has 2 aliphatic rings. The van der Waals surface area contributed by atoms with E-state index in [1.165, 1.54) is 0 Å². The second-order valence-corrected chi connectivity index (χ2v) is 11.0. The summed E-state index contributed by atoms with van der Waals surface area (Å²) in [5.74, 6) is -0.854. The van der Waals surface area contributed by atoms with Gasteiger partial charge in [0.15, 0.2) is 15.5 Å². The highest BCUT2D eigenvalue weighted by Crippen LogP contribution is 2.45. The summed E-state index contributed by atoms with van der Waals surface area (Å²) in [6, 6.07) is 6.94. The van der Waals surface area contributed by atoms with Crippen LogP contribution in [0.15, 0.2) is 29.2 Å². The molecule has 1 N–H and O–H groups in total. The van der Waals surface area contributed by atoms with Gasteiger partial charge in [0.25, 0.3) is 0 Å². The molecule has 0 atom stereocenters. The maximum Gasteiger partial charge on any atom is 0.356 e. The Morgan fingerprint density at radius 1 is 1.14 bits per heavy atom. The Kier molecular flexibility index (Phi) is 4.41. The van der Waals surface area contributed by atoms with Crippen molar-refractivity contribution in [1.82, 2.24) is 9.78 Å². The van der Waals surface area contributed by atoms with E-state index in [9.17, 15) is 18.3 Å². The molecule has 4 rings (SSSR count). The van der Waals surface area contributed by atoms with Crippen molar-refractivity contribution in [3.05, 3.63) is 35.5 Å². The fourth-order valence-corrected chi connectivity index (χ4v) is 6.31. The second-order valence-electron chi connectivity index (χ2n) is 9.05. The first-order valence-corrected chi connectivity index (χ1v) is 11.4. The Hall–Kier alpha value is -2.15. The smallest absolute Gasteiger partial charge is 0.356 e. The lowest BCUT2D eigenvalue weighted by molar-refractivity contribution is 0.0687. The Morgan fingerprint density at radius 3 is 2.39 bits per heavy atom. The van der Waals surface area contributed by atoms with Crippen LogP contribution in [-0.2, 0) is 15.6 Å². The first kappa shape index (κ1) is 19.2. The molecule has 1 fully saturated rings. The average Bonchev–Trinajstić information content (AvgIpc) is 3.00. The predicted molar refractivity (Wildman–Crippen MR) is 106 cm³/mol. The zero-order valence-electron chi connectivity index (χ0n) is 16.5. The summed E-state index contributed by atoms with van der Waals surface area (Å²) in [5.41, 5.74) is 1.68. The number of aromatic nitrogens is 2. The van der Waals surface area contributed by atoms with E-state index in [1.54, 1.807) is 24.3 Å². The van der Waals surface area contributed by atoms with E-state index in [4.69, 9.17) is 0 Å². The summed E-state index contributed by atoms with van der Waals surface area (Å²) in [6.07, 6.45) is 3.96. The number of benzene rings is 1. The van der Waals surface area contributed by atoms with Gasteiger partial charge in [-0.05, 0) is 43.1 Å². The molecular weight excluding hydrogens is 376 g/mol. The van der Waals surface area contributed by atoms with Gasteiger partial charge >= 0.3 is 5.97 Å². The van der Waals surface area contributed by atoms with Crippen LogP contribution >= 0.6 is 0 Å². The molecule has 0 amide bonds. The molecule has 0 radical (unpaired) electrons. The van der Waals surface area contributed by atoms with Crippen LogP contribution in [-0.4, -0.2) is 29.3 Å². The highest BCUT2D eigenvalue weighted by Gasteiger charge is 2.38. The SMILES string of the molecule is CC(C)(C)C1CCC(n2nc(C(=O)O)c3c2-c2ccccc2S(=O)(=O)C3)CC1. The number of hydrogen-bond donors (Lipinski definition) is 1. The molecular formula is C21H26N2O4S. The van der Waals surface area contributed by atoms with Gasteiger partial charge in [0.2, 0.25) is 0 Å². The molecule has 0 saturated heterocycles. The van der Waals surface area contributed by atoms with E-state index in [0.717, 1.165) is 25.7 Å². The highest BCUT2D eigenvalue weighted by molar-refractivity contribution is 7.90. The number of rotatable bonds is 2. The van der Waals surface area contributed by atoms with Gasteiger partial charge in [-0.25, -0.2) is 13.2 Å². The van der Waals surface area contributed by atoms with Crippen molar-refractivity contribution in [2.45, 2.75) is 63.1 Å². The molecule has 6 nitrogen and oxygen atoms in total. The van der Waals surface area contributed by atoms with E-state index >= 15 is 0 Å². The van der Waals surface area contributed by atoms with Crippen LogP contribution in [0.5, 0.6) is 0 Å². The van der Waals surface area contributed by atoms with Crippen molar-refractivity contribution in [3.63, 3.8) is 0 Å². The molecule has 1 aliphatic heterocycles. The molecule has 0 unspecified atom stereocenters. The third-order valence-electron chi connectivity index (χ3n) is 6.29. The standard InChI is InChI=1S/C21H26N2O4S/c1-21(2,3)13-8-10-14(11-9-13)23-19-15-6-4-5-7-17(15)28(26,27)12-16(19)18(22-23)20(24)25/h4-7,13-14H,8-12H2,1-3H3,(H,24,25). The average molecular weight is 403 g/mol. The number of sulfone groups is 1. The van der Waals surface area contributed by atoms with E-state index < -0.39 is 15.8 Å². The van der Waals surface area contributed by atoms with Crippen molar-refractivity contribution in [1.29, 1.82) is 0 Å². The fraction of sp³-hybridized carbons (Fsp3) is 0.524. The monoisotopic (exact) mass is 402 g/mol. The van der Waals surface area contributed by atoms with Gasteiger partial charge in [-0.15, -0.1) is 0 Å². The van der Waals surface area contributed by atoms with Gasteiger partial charge in [-0.2, -0.15) is 5.10 Å². The number of hydrogen-bond acceptors (Lipinski definition) is 4. The van der Waals surface area contributed by atoms with Gasteiger partial charge in [-0.1, -0.05) is 39.0 Å². The van der Waals surface area contributed by atoms with Gasteiger partial charge < -0.3 is 5.11 Å². The molecule has 0 spiro atoms. The van der Waals surface area contributed by atoms with Crippen molar-refractivity contribution in [3.8, 4) is 11.3 Å². The molecule has 150 valence electrons. The van der Waals surface area contributed by atoms with E-state index in [-0.39, 0.29) is 27.8 Å². The van der Waals surface area contributed by atoms with Crippen LogP contribution in [0, 0.1) is 11.3 Å². The van der Waals surface area contributed by atoms with Crippen molar-refractivity contribution in [2.75, 3.05) is 0 Å². The molecule has 2 aromatic rings. The number of aromatic carboxylic acids is 1. The van der Waals surface area contributed by atoms with Gasteiger partial charge in [-0.3, -0.25) is 4.68 Å². The van der Waals surface area contributed by atoms with Crippen LogP contribution < -0.4 is 0 Å². The van der Waals surface area contributed by atoms with Crippen molar-refractivity contribution in [2.24, 2.45) is 11.3 Å². The van der Waals surface area contributed by atoms with E-state index in [0.29, 0.717) is 22.7 Å². The minimum Gasteiger partial charge on any atom is -0.476 e. The van der Waals surface area contributed by atoms with Crippen LogP contribution in [0.3, 0.4) is 0 Å². The Morgan fingerprint density at radius 2 is 1.79 bits per heavy atom. The van der Waals surface area contributed by atoms with Crippen molar-refractivity contribution < 1.29 is 18.3 Å². The second kappa shape index (κ2) is 6.44. The number of fused-ring (bicyclic) bond motifs is 3. The molecule has 1 aliphatic carbocycles. The predicted octanol–water partition coefficient (Wildman–Crippen LogP) is 4.31. The first-order chi connectivity index (χ1) is 13.1.